The van der Waals surface area contributed by atoms with Crippen molar-refractivity contribution in [1.29, 1.82) is 0 Å². The van der Waals surface area contributed by atoms with Crippen LogP contribution in [0.2, 0.25) is 0 Å². The Hall–Kier alpha value is -2.89. The Morgan fingerprint density at radius 1 is 0.889 bits per heavy atom. The van der Waals surface area contributed by atoms with Crippen molar-refractivity contribution in [2.75, 3.05) is 28.4 Å². The molecule has 0 unspecified atom stereocenters. The normalized spacial score (nSPS) is 18.2. The fraction of sp³-hybridized carbons (Fsp3) is 0.381. The summed E-state index contributed by atoms with van der Waals surface area (Å²) in [6.07, 6.45) is 2.53. The quantitative estimate of drug-likeness (QED) is 0.757. The van der Waals surface area contributed by atoms with Crippen LogP contribution in [0.15, 0.2) is 30.3 Å². The van der Waals surface area contributed by atoms with Crippen molar-refractivity contribution in [3.63, 3.8) is 0 Å². The Labute approximate surface area is 159 Å². The number of benzene rings is 2. The van der Waals surface area contributed by atoms with Gasteiger partial charge in [-0.25, -0.2) is 0 Å². The molecule has 2 atom stereocenters. The minimum atomic E-state index is -0.163. The lowest BCUT2D eigenvalue weighted by atomic mass is 9.76. The molecular formula is C21H25NO5. The fourth-order valence-corrected chi connectivity index (χ4v) is 3.86. The van der Waals surface area contributed by atoms with Gasteiger partial charge in [0.25, 0.3) is 0 Å². The highest BCUT2D eigenvalue weighted by Gasteiger charge is 2.32. The van der Waals surface area contributed by atoms with Crippen molar-refractivity contribution in [3.05, 3.63) is 47.0 Å². The van der Waals surface area contributed by atoms with Crippen molar-refractivity contribution in [3.8, 4) is 23.0 Å². The summed E-state index contributed by atoms with van der Waals surface area (Å²) in [5.41, 5.74) is 3.29. The maximum Gasteiger partial charge on any atom is 0.207 e. The molecule has 0 aliphatic heterocycles. The fourth-order valence-electron chi connectivity index (χ4n) is 3.86. The highest BCUT2D eigenvalue weighted by molar-refractivity contribution is 5.55. The molecule has 6 heteroatoms. The third-order valence-corrected chi connectivity index (χ3v) is 5.19. The molecule has 1 amide bonds. The minimum absolute atomic E-state index is 0.112. The SMILES string of the molecule is COc1ccc([C@@H]2CCc3cc(OC)c(OC)cc3[C@H]2NC=O)cc1OC. The van der Waals surface area contributed by atoms with Gasteiger partial charge in [-0.2, -0.15) is 0 Å². The van der Waals surface area contributed by atoms with E-state index in [1.807, 2.05) is 30.3 Å². The zero-order valence-electron chi connectivity index (χ0n) is 16.1. The van der Waals surface area contributed by atoms with E-state index in [0.717, 1.165) is 35.9 Å². The molecule has 0 bridgehead atoms. The van der Waals surface area contributed by atoms with E-state index in [0.29, 0.717) is 23.0 Å². The molecule has 2 aromatic carbocycles. The highest BCUT2D eigenvalue weighted by Crippen LogP contribution is 2.45. The van der Waals surface area contributed by atoms with Crippen molar-refractivity contribution >= 4 is 6.41 Å². The van der Waals surface area contributed by atoms with Crippen molar-refractivity contribution < 1.29 is 23.7 Å². The maximum absolute atomic E-state index is 11.3. The van der Waals surface area contributed by atoms with Gasteiger partial charge < -0.3 is 24.3 Å². The molecule has 0 spiro atoms. The Kier molecular flexibility index (Phi) is 5.74. The number of rotatable bonds is 7. The number of amides is 1. The average molecular weight is 371 g/mol. The van der Waals surface area contributed by atoms with E-state index in [-0.39, 0.29) is 12.0 Å². The van der Waals surface area contributed by atoms with Gasteiger partial charge in [-0.05, 0) is 53.8 Å². The molecule has 3 rings (SSSR count). The lowest BCUT2D eigenvalue weighted by molar-refractivity contribution is -0.110. The second kappa shape index (κ2) is 8.20. The van der Waals surface area contributed by atoms with Crippen LogP contribution in [0.5, 0.6) is 23.0 Å². The lowest BCUT2D eigenvalue weighted by Crippen LogP contribution is -2.30. The average Bonchev–Trinajstić information content (AvgIpc) is 2.72. The second-order valence-electron chi connectivity index (χ2n) is 6.43. The van der Waals surface area contributed by atoms with Gasteiger partial charge in [0.05, 0.1) is 34.5 Å². The van der Waals surface area contributed by atoms with E-state index >= 15 is 0 Å². The Morgan fingerprint density at radius 3 is 2.15 bits per heavy atom. The summed E-state index contributed by atoms with van der Waals surface area (Å²) in [5.74, 6) is 2.83. The summed E-state index contributed by atoms with van der Waals surface area (Å²) in [4.78, 5) is 11.3. The molecule has 0 aromatic heterocycles. The van der Waals surface area contributed by atoms with Crippen LogP contribution in [-0.2, 0) is 11.2 Å². The van der Waals surface area contributed by atoms with E-state index in [9.17, 15) is 4.79 Å². The van der Waals surface area contributed by atoms with Crippen LogP contribution in [0.25, 0.3) is 0 Å². The van der Waals surface area contributed by atoms with E-state index in [1.165, 1.54) is 0 Å². The summed E-state index contributed by atoms with van der Waals surface area (Å²) in [6.45, 7) is 0. The zero-order valence-corrected chi connectivity index (χ0v) is 16.1. The molecule has 2 aromatic rings. The summed E-state index contributed by atoms with van der Waals surface area (Å²) >= 11 is 0. The first-order valence-corrected chi connectivity index (χ1v) is 8.83. The lowest BCUT2D eigenvalue weighted by Gasteiger charge is -2.34. The molecular weight excluding hydrogens is 346 g/mol. The third-order valence-electron chi connectivity index (χ3n) is 5.19. The van der Waals surface area contributed by atoms with Gasteiger partial charge >= 0.3 is 0 Å². The van der Waals surface area contributed by atoms with Gasteiger partial charge in [0.2, 0.25) is 6.41 Å². The molecule has 144 valence electrons. The number of aryl methyl sites for hydroxylation is 1. The van der Waals surface area contributed by atoms with Crippen molar-refractivity contribution in [2.24, 2.45) is 0 Å². The van der Waals surface area contributed by atoms with E-state index in [1.54, 1.807) is 28.4 Å². The maximum atomic E-state index is 11.3. The molecule has 1 aliphatic carbocycles. The number of hydrogen-bond acceptors (Lipinski definition) is 5. The van der Waals surface area contributed by atoms with E-state index < -0.39 is 0 Å². The van der Waals surface area contributed by atoms with Crippen LogP contribution in [-0.4, -0.2) is 34.8 Å². The van der Waals surface area contributed by atoms with E-state index in [2.05, 4.69) is 5.32 Å². The zero-order chi connectivity index (χ0) is 19.4. The largest absolute Gasteiger partial charge is 0.493 e. The molecule has 0 radical (unpaired) electrons. The van der Waals surface area contributed by atoms with Gasteiger partial charge in [-0.1, -0.05) is 6.07 Å². The summed E-state index contributed by atoms with van der Waals surface area (Å²) in [7, 11) is 6.47. The number of ether oxygens (including phenoxy) is 4. The van der Waals surface area contributed by atoms with Crippen molar-refractivity contribution in [2.45, 2.75) is 24.8 Å². The molecule has 27 heavy (non-hydrogen) atoms. The van der Waals surface area contributed by atoms with Crippen LogP contribution in [0.4, 0.5) is 0 Å². The summed E-state index contributed by atoms with van der Waals surface area (Å²) < 4.78 is 21.7. The van der Waals surface area contributed by atoms with Gasteiger partial charge in [0, 0.05) is 5.92 Å². The van der Waals surface area contributed by atoms with Crippen LogP contribution < -0.4 is 24.3 Å². The first-order valence-electron chi connectivity index (χ1n) is 8.83. The summed E-state index contributed by atoms with van der Waals surface area (Å²) in [5, 5.41) is 3.00. The van der Waals surface area contributed by atoms with E-state index in [4.69, 9.17) is 18.9 Å². The third kappa shape index (κ3) is 3.52. The predicted molar refractivity (Wildman–Crippen MR) is 102 cm³/mol. The van der Waals surface area contributed by atoms with Gasteiger partial charge in [-0.3, -0.25) is 4.79 Å². The molecule has 0 fully saturated rings. The Balaban J connectivity index is 2.05. The smallest absolute Gasteiger partial charge is 0.207 e. The molecule has 0 saturated carbocycles. The molecule has 6 nitrogen and oxygen atoms in total. The van der Waals surface area contributed by atoms with Gasteiger partial charge in [0.1, 0.15) is 0 Å². The number of methoxy groups -OCH3 is 4. The predicted octanol–water partition coefficient (Wildman–Crippen LogP) is 3.24. The Bertz CT molecular complexity index is 820. The van der Waals surface area contributed by atoms with Crippen LogP contribution in [0.3, 0.4) is 0 Å². The summed E-state index contributed by atoms with van der Waals surface area (Å²) in [6, 6.07) is 9.70. The van der Waals surface area contributed by atoms with Gasteiger partial charge in [-0.15, -0.1) is 0 Å². The van der Waals surface area contributed by atoms with Crippen LogP contribution >= 0.6 is 0 Å². The molecule has 0 heterocycles. The molecule has 1 aliphatic rings. The minimum Gasteiger partial charge on any atom is -0.493 e. The highest BCUT2D eigenvalue weighted by atomic mass is 16.5. The second-order valence-corrected chi connectivity index (χ2v) is 6.43. The first-order chi connectivity index (χ1) is 13.2. The number of nitrogens with one attached hydrogen (secondary N) is 1. The van der Waals surface area contributed by atoms with Crippen LogP contribution in [0.1, 0.15) is 35.1 Å². The van der Waals surface area contributed by atoms with Crippen molar-refractivity contribution in [1.82, 2.24) is 5.32 Å². The standard InChI is InChI=1S/C21H25NO5/c1-24-17-8-6-13(9-18(17)25-2)15-7-5-14-10-19(26-3)20(27-4)11-16(14)21(15)22-12-23/h6,8-12,15,21H,5,7H2,1-4H3,(H,22,23)/t15-,21-/m0/s1. The topological polar surface area (TPSA) is 66.0 Å². The number of carbonyl (C=O) groups excluding carboxylic acids is 1. The first kappa shape index (κ1) is 18.9. The Morgan fingerprint density at radius 2 is 1.52 bits per heavy atom. The molecule has 0 saturated heterocycles. The number of carbonyl (C=O) groups is 1. The van der Waals surface area contributed by atoms with Crippen LogP contribution in [0, 0.1) is 0 Å². The number of hydrogen-bond donors (Lipinski definition) is 1. The van der Waals surface area contributed by atoms with Gasteiger partial charge in [0.15, 0.2) is 23.0 Å². The number of fused-ring (bicyclic) bond motifs is 1. The molecule has 1 N–H and O–H groups in total. The monoisotopic (exact) mass is 371 g/mol.